The molecule has 1 aliphatic carbocycles. The number of hydrogen-bond acceptors (Lipinski definition) is 3. The first-order chi connectivity index (χ1) is 9.01. The van der Waals surface area contributed by atoms with Gasteiger partial charge in [-0.15, -0.1) is 0 Å². The molecular formula is C14H22N2O2S. The van der Waals surface area contributed by atoms with Crippen LogP contribution in [0.3, 0.4) is 0 Å². The second kappa shape index (κ2) is 5.61. The third kappa shape index (κ3) is 3.16. The largest absolute Gasteiger partial charge is 0.326 e. The Labute approximate surface area is 115 Å². The molecule has 0 bridgehead atoms. The van der Waals surface area contributed by atoms with Gasteiger partial charge in [0, 0.05) is 13.1 Å². The van der Waals surface area contributed by atoms with E-state index in [1.54, 1.807) is 18.2 Å². The van der Waals surface area contributed by atoms with Crippen molar-refractivity contribution in [2.75, 3.05) is 6.54 Å². The molecule has 0 atom stereocenters. The average Bonchev–Trinajstić information content (AvgIpc) is 2.38. The third-order valence-corrected chi connectivity index (χ3v) is 5.64. The van der Waals surface area contributed by atoms with Gasteiger partial charge in [-0.05, 0) is 42.4 Å². The van der Waals surface area contributed by atoms with Crippen molar-refractivity contribution in [3.63, 3.8) is 0 Å². The van der Waals surface area contributed by atoms with E-state index in [1.807, 2.05) is 6.07 Å². The monoisotopic (exact) mass is 282 g/mol. The van der Waals surface area contributed by atoms with E-state index >= 15 is 0 Å². The summed E-state index contributed by atoms with van der Waals surface area (Å²) in [6, 6.07) is 6.82. The normalized spacial score (nSPS) is 18.0. The van der Waals surface area contributed by atoms with Crippen molar-refractivity contribution in [3.05, 3.63) is 29.8 Å². The van der Waals surface area contributed by atoms with Gasteiger partial charge in [-0.1, -0.05) is 25.5 Å². The molecule has 0 saturated heterocycles. The molecule has 1 fully saturated rings. The molecule has 1 saturated carbocycles. The summed E-state index contributed by atoms with van der Waals surface area (Å²) in [4.78, 5) is 0.307. The molecule has 1 aliphatic rings. The molecule has 5 heteroatoms. The Morgan fingerprint density at radius 3 is 2.63 bits per heavy atom. The summed E-state index contributed by atoms with van der Waals surface area (Å²) in [6.07, 6.45) is 4.47. The van der Waals surface area contributed by atoms with E-state index in [0.717, 1.165) is 24.8 Å². The van der Waals surface area contributed by atoms with Gasteiger partial charge in [-0.2, -0.15) is 0 Å². The third-order valence-electron chi connectivity index (χ3n) is 4.25. The van der Waals surface area contributed by atoms with Gasteiger partial charge < -0.3 is 5.73 Å². The van der Waals surface area contributed by atoms with Gasteiger partial charge in [0.15, 0.2) is 0 Å². The summed E-state index contributed by atoms with van der Waals surface area (Å²) < 4.78 is 27.3. The molecule has 0 amide bonds. The molecule has 4 nitrogen and oxygen atoms in total. The topological polar surface area (TPSA) is 72.2 Å². The van der Waals surface area contributed by atoms with E-state index in [0.29, 0.717) is 18.0 Å². The minimum Gasteiger partial charge on any atom is -0.326 e. The molecule has 106 valence electrons. The van der Waals surface area contributed by atoms with E-state index in [4.69, 9.17) is 5.73 Å². The van der Waals surface area contributed by atoms with Crippen LogP contribution >= 0.6 is 0 Å². The molecule has 1 aromatic rings. The van der Waals surface area contributed by atoms with Gasteiger partial charge in [0.1, 0.15) is 0 Å². The van der Waals surface area contributed by atoms with Crippen LogP contribution in [-0.2, 0) is 16.6 Å². The van der Waals surface area contributed by atoms with Crippen molar-refractivity contribution in [2.45, 2.75) is 44.0 Å². The number of nitrogens with two attached hydrogens (primary N) is 1. The van der Waals surface area contributed by atoms with Crippen molar-refractivity contribution in [1.82, 2.24) is 4.72 Å². The van der Waals surface area contributed by atoms with Crippen LogP contribution in [0.2, 0.25) is 0 Å². The molecule has 0 unspecified atom stereocenters. The molecule has 1 aromatic carbocycles. The van der Waals surface area contributed by atoms with Crippen LogP contribution in [0.1, 0.15) is 38.2 Å². The van der Waals surface area contributed by atoms with Crippen molar-refractivity contribution in [3.8, 4) is 0 Å². The highest BCUT2D eigenvalue weighted by Gasteiger charge is 2.36. The fourth-order valence-electron chi connectivity index (χ4n) is 2.50. The zero-order valence-electron chi connectivity index (χ0n) is 11.4. The highest BCUT2D eigenvalue weighted by atomic mass is 32.2. The fourth-order valence-corrected chi connectivity index (χ4v) is 3.73. The standard InChI is InChI=1S/C14H22N2O2S/c1-2-14(7-4-8-14)11-16-19(17,18)13-6-3-5-12(9-13)10-15/h3,5-6,9,16H,2,4,7-8,10-11,15H2,1H3. The summed E-state index contributed by atoms with van der Waals surface area (Å²) in [6.45, 7) is 3.02. The Balaban J connectivity index is 2.09. The Morgan fingerprint density at radius 1 is 1.37 bits per heavy atom. The number of hydrogen-bond donors (Lipinski definition) is 2. The van der Waals surface area contributed by atoms with Gasteiger partial charge >= 0.3 is 0 Å². The van der Waals surface area contributed by atoms with Gasteiger partial charge in [-0.3, -0.25) is 0 Å². The van der Waals surface area contributed by atoms with E-state index in [-0.39, 0.29) is 5.41 Å². The summed E-state index contributed by atoms with van der Waals surface area (Å²) in [5.41, 5.74) is 6.55. The number of benzene rings is 1. The number of sulfonamides is 1. The fraction of sp³-hybridized carbons (Fsp3) is 0.571. The maximum atomic E-state index is 12.3. The Hall–Kier alpha value is -0.910. The molecule has 19 heavy (non-hydrogen) atoms. The quantitative estimate of drug-likeness (QED) is 0.838. The maximum absolute atomic E-state index is 12.3. The minimum atomic E-state index is -3.42. The van der Waals surface area contributed by atoms with Crippen molar-refractivity contribution >= 4 is 10.0 Å². The molecule has 0 heterocycles. The Bertz CT molecular complexity index is 531. The molecule has 0 aromatic heterocycles. The molecule has 0 aliphatic heterocycles. The zero-order valence-corrected chi connectivity index (χ0v) is 12.2. The van der Waals surface area contributed by atoms with Crippen LogP contribution in [0.5, 0.6) is 0 Å². The molecule has 0 radical (unpaired) electrons. The van der Waals surface area contributed by atoms with Crippen LogP contribution < -0.4 is 10.5 Å². The lowest BCUT2D eigenvalue weighted by molar-refractivity contribution is 0.133. The first kappa shape index (κ1) is 14.5. The van der Waals surface area contributed by atoms with Crippen molar-refractivity contribution in [2.24, 2.45) is 11.1 Å². The number of nitrogens with one attached hydrogen (secondary N) is 1. The lowest BCUT2D eigenvalue weighted by atomic mass is 9.67. The van der Waals surface area contributed by atoms with Crippen molar-refractivity contribution in [1.29, 1.82) is 0 Å². The number of rotatable bonds is 6. The summed E-state index contributed by atoms with van der Waals surface area (Å²) in [5, 5.41) is 0. The SMILES string of the molecule is CCC1(CNS(=O)(=O)c2cccc(CN)c2)CCC1. The van der Waals surface area contributed by atoms with Crippen LogP contribution in [0.15, 0.2) is 29.2 Å². The zero-order chi connectivity index (χ0) is 13.9. The van der Waals surface area contributed by atoms with Crippen LogP contribution in [0, 0.1) is 5.41 Å². The van der Waals surface area contributed by atoms with Gasteiger partial charge in [0.05, 0.1) is 4.90 Å². The average molecular weight is 282 g/mol. The first-order valence-corrected chi connectivity index (χ1v) is 8.28. The maximum Gasteiger partial charge on any atom is 0.240 e. The second-order valence-electron chi connectivity index (χ2n) is 5.38. The van der Waals surface area contributed by atoms with E-state index in [1.165, 1.54) is 6.42 Å². The summed E-state index contributed by atoms with van der Waals surface area (Å²) in [7, 11) is -3.42. The van der Waals surface area contributed by atoms with Gasteiger partial charge in [-0.25, -0.2) is 13.1 Å². The van der Waals surface area contributed by atoms with Crippen LogP contribution in [0.4, 0.5) is 0 Å². The highest BCUT2D eigenvalue weighted by Crippen LogP contribution is 2.43. The predicted molar refractivity (Wildman–Crippen MR) is 76.1 cm³/mol. The van der Waals surface area contributed by atoms with Gasteiger partial charge in [0.2, 0.25) is 10.0 Å². The smallest absolute Gasteiger partial charge is 0.240 e. The molecular weight excluding hydrogens is 260 g/mol. The lowest BCUT2D eigenvalue weighted by Gasteiger charge is -2.41. The molecule has 0 spiro atoms. The highest BCUT2D eigenvalue weighted by molar-refractivity contribution is 7.89. The predicted octanol–water partition coefficient (Wildman–Crippen LogP) is 2.00. The van der Waals surface area contributed by atoms with Crippen molar-refractivity contribution < 1.29 is 8.42 Å². The summed E-state index contributed by atoms with van der Waals surface area (Å²) >= 11 is 0. The Morgan fingerprint density at radius 2 is 2.11 bits per heavy atom. The van der Waals surface area contributed by atoms with Gasteiger partial charge in [0.25, 0.3) is 0 Å². The summed E-state index contributed by atoms with van der Waals surface area (Å²) in [5.74, 6) is 0. The first-order valence-electron chi connectivity index (χ1n) is 6.80. The van der Waals surface area contributed by atoms with Crippen LogP contribution in [0.25, 0.3) is 0 Å². The van der Waals surface area contributed by atoms with E-state index in [2.05, 4.69) is 11.6 Å². The van der Waals surface area contributed by atoms with E-state index < -0.39 is 10.0 Å². The minimum absolute atomic E-state index is 0.179. The molecule has 2 rings (SSSR count). The van der Waals surface area contributed by atoms with E-state index in [9.17, 15) is 8.42 Å². The Kier molecular flexibility index (Phi) is 4.28. The van der Waals surface area contributed by atoms with Crippen LogP contribution in [-0.4, -0.2) is 15.0 Å². The second-order valence-corrected chi connectivity index (χ2v) is 7.15. The lowest BCUT2D eigenvalue weighted by Crippen LogP contribution is -2.41. The molecule has 3 N–H and O–H groups in total.